The van der Waals surface area contributed by atoms with Crippen LogP contribution >= 0.6 is 0 Å². The molecular weight excluding hydrogens is 296 g/mol. The van der Waals surface area contributed by atoms with Crippen molar-refractivity contribution in [2.75, 3.05) is 11.9 Å². The van der Waals surface area contributed by atoms with Crippen LogP contribution in [0.4, 0.5) is 5.69 Å². The first-order valence-electron chi connectivity index (χ1n) is 7.47. The second-order valence-electron chi connectivity index (χ2n) is 5.52. The van der Waals surface area contributed by atoms with Crippen molar-refractivity contribution < 1.29 is 25.1 Å². The molecule has 0 spiro atoms. The molecule has 0 aliphatic heterocycles. The normalized spacial score (nSPS) is 13.5. The smallest absolute Gasteiger partial charge is 0.230 e. The van der Waals surface area contributed by atoms with Gasteiger partial charge in [-0.05, 0) is 18.4 Å². The van der Waals surface area contributed by atoms with Crippen LogP contribution < -0.4 is 15.7 Å². The maximum absolute atomic E-state index is 12.1. The van der Waals surface area contributed by atoms with E-state index in [1.807, 2.05) is 36.4 Å². The van der Waals surface area contributed by atoms with Crippen LogP contribution in [0.15, 0.2) is 42.5 Å². The molecule has 0 saturated heterocycles. The number of nitrogens with one attached hydrogen (secondary N) is 1. The van der Waals surface area contributed by atoms with Crippen molar-refractivity contribution in [3.63, 3.8) is 0 Å². The Balaban J connectivity index is 2.06. The molecule has 0 fully saturated rings. The molecule has 2 aromatic rings. The van der Waals surface area contributed by atoms with Gasteiger partial charge in [-0.1, -0.05) is 36.4 Å². The van der Waals surface area contributed by atoms with Gasteiger partial charge in [-0.2, -0.15) is 0 Å². The topological polar surface area (TPSA) is 106 Å². The Morgan fingerprint density at radius 3 is 2.61 bits per heavy atom. The van der Waals surface area contributed by atoms with E-state index in [9.17, 15) is 19.8 Å². The molecule has 23 heavy (non-hydrogen) atoms. The number of hydrogen-bond donors (Lipinski definition) is 3. The Bertz CT molecular complexity index is 695. The Labute approximate surface area is 134 Å². The quantitative estimate of drug-likeness (QED) is 0.624. The summed E-state index contributed by atoms with van der Waals surface area (Å²) in [6, 6.07) is 12.1. The van der Waals surface area contributed by atoms with Crippen molar-refractivity contribution in [2.45, 2.75) is 25.5 Å². The average molecular weight is 316 g/mol. The van der Waals surface area contributed by atoms with E-state index in [1.165, 1.54) is 5.32 Å². The molecule has 0 radical (unpaired) electrons. The molecule has 0 bridgehead atoms. The van der Waals surface area contributed by atoms with Gasteiger partial charge in [0.15, 0.2) is 0 Å². The molecule has 4 N–H and O–H groups in total. The van der Waals surface area contributed by atoms with E-state index >= 15 is 0 Å². The molecule has 6 nitrogen and oxygen atoms in total. The van der Waals surface area contributed by atoms with E-state index in [2.05, 4.69) is 5.32 Å². The minimum absolute atomic E-state index is 0.195. The van der Waals surface area contributed by atoms with Gasteiger partial charge < -0.3 is 25.6 Å². The first-order valence-corrected chi connectivity index (χ1v) is 7.47. The Hall–Kier alpha value is -2.44. The van der Waals surface area contributed by atoms with Gasteiger partial charge in [-0.3, -0.25) is 4.79 Å². The number of aliphatic hydroxyl groups is 1. The Kier molecular flexibility index (Phi) is 5.67. The van der Waals surface area contributed by atoms with E-state index in [0.717, 1.165) is 10.8 Å². The second kappa shape index (κ2) is 7.71. The Morgan fingerprint density at radius 2 is 1.91 bits per heavy atom. The van der Waals surface area contributed by atoms with Gasteiger partial charge in [0.2, 0.25) is 5.91 Å². The summed E-state index contributed by atoms with van der Waals surface area (Å²) in [5.41, 5.74) is 0.640. The number of fused-ring (bicyclic) bond motifs is 1. The second-order valence-corrected chi connectivity index (χ2v) is 5.52. The average Bonchev–Trinajstić information content (AvgIpc) is 2.51. The van der Waals surface area contributed by atoms with Crippen LogP contribution in [0.5, 0.6) is 0 Å². The molecule has 122 valence electrons. The summed E-state index contributed by atoms with van der Waals surface area (Å²) in [4.78, 5) is 23.2. The summed E-state index contributed by atoms with van der Waals surface area (Å²) in [6.45, 7) is 1.75. The van der Waals surface area contributed by atoms with Gasteiger partial charge in [0, 0.05) is 11.1 Å². The fourth-order valence-electron chi connectivity index (χ4n) is 2.36. The largest absolute Gasteiger partial charge is 0.544 e. The molecule has 0 heterocycles. The first-order chi connectivity index (χ1) is 11.0. The van der Waals surface area contributed by atoms with Crippen LogP contribution in [0.3, 0.4) is 0 Å². The predicted octanol–water partition coefficient (Wildman–Crippen LogP) is -0.769. The standard InChI is InChI=1S/C17H20N2O4/c1-11(20)10-18-15(17(22)23)9-16(21)19-14-8-4-6-12-5-2-3-7-13(12)14/h2-8,11,15,18,20H,9-10H2,1H3,(H,19,21)(H,22,23)/t11-,15-/m0/s1. The molecule has 2 atom stereocenters. The van der Waals surface area contributed by atoms with Crippen LogP contribution in [0.2, 0.25) is 0 Å². The van der Waals surface area contributed by atoms with E-state index in [1.54, 1.807) is 13.0 Å². The molecule has 0 aliphatic rings. The molecular formula is C17H20N2O4. The SMILES string of the molecule is C[C@H](O)C[NH2+][C@@H](CC(=O)Nc1cccc2ccccc12)C(=O)[O-]. The highest BCUT2D eigenvalue weighted by atomic mass is 16.4. The van der Waals surface area contributed by atoms with Crippen LogP contribution in [-0.4, -0.2) is 35.7 Å². The number of aliphatic carboxylic acids is 1. The summed E-state index contributed by atoms with van der Waals surface area (Å²) in [7, 11) is 0. The number of amides is 1. The summed E-state index contributed by atoms with van der Waals surface area (Å²) >= 11 is 0. The summed E-state index contributed by atoms with van der Waals surface area (Å²) in [6.07, 6.45) is -0.879. The van der Waals surface area contributed by atoms with Crippen LogP contribution in [0.25, 0.3) is 10.8 Å². The maximum atomic E-state index is 12.1. The van der Waals surface area contributed by atoms with Gasteiger partial charge in [0.1, 0.15) is 12.6 Å². The highest BCUT2D eigenvalue weighted by Crippen LogP contribution is 2.22. The number of quaternary nitrogens is 1. The van der Waals surface area contributed by atoms with E-state index in [-0.39, 0.29) is 13.0 Å². The van der Waals surface area contributed by atoms with Crippen LogP contribution in [-0.2, 0) is 9.59 Å². The molecule has 0 unspecified atom stereocenters. The fraction of sp³-hybridized carbons (Fsp3) is 0.294. The molecule has 0 aromatic heterocycles. The third-order valence-corrected chi connectivity index (χ3v) is 3.53. The number of nitrogens with two attached hydrogens (primary N) is 1. The number of carboxylic acids is 1. The van der Waals surface area contributed by atoms with Crippen LogP contribution in [0.1, 0.15) is 13.3 Å². The van der Waals surface area contributed by atoms with Crippen molar-refractivity contribution in [3.05, 3.63) is 42.5 Å². The highest BCUT2D eigenvalue weighted by Gasteiger charge is 2.19. The zero-order valence-electron chi connectivity index (χ0n) is 12.9. The van der Waals surface area contributed by atoms with Gasteiger partial charge in [-0.15, -0.1) is 0 Å². The lowest BCUT2D eigenvalue weighted by Gasteiger charge is -2.17. The number of hydrogen-bond acceptors (Lipinski definition) is 4. The zero-order valence-corrected chi connectivity index (χ0v) is 12.9. The van der Waals surface area contributed by atoms with Gasteiger partial charge in [0.05, 0.1) is 18.5 Å². The number of anilines is 1. The number of carboxylic acid groups (broad SMARTS) is 1. The predicted molar refractivity (Wildman–Crippen MR) is 84.5 cm³/mol. The summed E-state index contributed by atoms with van der Waals surface area (Å²) in [5.74, 6) is -1.73. The maximum Gasteiger partial charge on any atom is 0.230 e. The number of benzene rings is 2. The first kappa shape index (κ1) is 16.9. The summed E-state index contributed by atoms with van der Waals surface area (Å²) < 4.78 is 0. The lowest BCUT2D eigenvalue weighted by Crippen LogP contribution is -2.94. The molecule has 2 rings (SSSR count). The number of rotatable bonds is 7. The zero-order chi connectivity index (χ0) is 16.8. The number of carbonyl (C=O) groups is 2. The van der Waals surface area contributed by atoms with Crippen molar-refractivity contribution >= 4 is 28.3 Å². The number of aliphatic hydroxyl groups excluding tert-OH is 1. The lowest BCUT2D eigenvalue weighted by molar-refractivity contribution is -0.687. The summed E-state index contributed by atoms with van der Waals surface area (Å²) in [5, 5.41) is 26.4. The lowest BCUT2D eigenvalue weighted by atomic mass is 10.1. The van der Waals surface area contributed by atoms with Crippen molar-refractivity contribution in [1.29, 1.82) is 0 Å². The van der Waals surface area contributed by atoms with Gasteiger partial charge in [0.25, 0.3) is 0 Å². The van der Waals surface area contributed by atoms with Crippen molar-refractivity contribution in [3.8, 4) is 0 Å². The van der Waals surface area contributed by atoms with Gasteiger partial charge >= 0.3 is 0 Å². The van der Waals surface area contributed by atoms with Crippen molar-refractivity contribution in [2.24, 2.45) is 0 Å². The minimum Gasteiger partial charge on any atom is -0.544 e. The van der Waals surface area contributed by atoms with Crippen LogP contribution in [0, 0.1) is 0 Å². The molecule has 0 saturated carbocycles. The molecule has 6 heteroatoms. The number of carbonyl (C=O) groups excluding carboxylic acids is 2. The van der Waals surface area contributed by atoms with E-state index in [4.69, 9.17) is 0 Å². The fourth-order valence-corrected chi connectivity index (χ4v) is 2.36. The monoisotopic (exact) mass is 316 g/mol. The van der Waals surface area contributed by atoms with Gasteiger partial charge in [-0.25, -0.2) is 0 Å². The third kappa shape index (κ3) is 4.77. The molecule has 0 aliphatic carbocycles. The highest BCUT2D eigenvalue weighted by molar-refractivity contribution is 6.02. The van der Waals surface area contributed by atoms with E-state index < -0.39 is 24.0 Å². The molecule has 1 amide bonds. The van der Waals surface area contributed by atoms with Crippen molar-refractivity contribution in [1.82, 2.24) is 0 Å². The van der Waals surface area contributed by atoms with E-state index in [0.29, 0.717) is 5.69 Å². The molecule has 2 aromatic carbocycles. The Morgan fingerprint density at radius 1 is 1.22 bits per heavy atom. The third-order valence-electron chi connectivity index (χ3n) is 3.53. The minimum atomic E-state index is -1.32.